The fraction of sp³-hybridized carbons (Fsp3) is 0.586. The number of hydrogen-bond donors (Lipinski definition) is 0. The minimum atomic E-state index is -1.23. The summed E-state index contributed by atoms with van der Waals surface area (Å²) in [4.78, 5) is 30.6. The van der Waals surface area contributed by atoms with Crippen molar-refractivity contribution >= 4 is 11.8 Å². The quantitative estimate of drug-likeness (QED) is 0.437. The summed E-state index contributed by atoms with van der Waals surface area (Å²) in [6.07, 6.45) is 3.72. The third kappa shape index (κ3) is 3.05. The molecule has 1 saturated carbocycles. The van der Waals surface area contributed by atoms with Crippen LogP contribution in [0.15, 0.2) is 34.9 Å². The van der Waals surface area contributed by atoms with Crippen LogP contribution >= 0.6 is 0 Å². The molecule has 2 aliphatic carbocycles. The highest BCUT2D eigenvalue weighted by Crippen LogP contribution is 2.68. The number of aryl methyl sites for hydroxylation is 1. The van der Waals surface area contributed by atoms with Crippen LogP contribution in [-0.4, -0.2) is 49.5 Å². The van der Waals surface area contributed by atoms with Crippen molar-refractivity contribution in [1.82, 2.24) is 4.90 Å². The molecule has 6 nitrogen and oxygen atoms in total. The number of hydrogen-bond acceptors (Lipinski definition) is 6. The number of benzene rings is 1. The summed E-state index contributed by atoms with van der Waals surface area (Å²) in [7, 11) is 3.79. The van der Waals surface area contributed by atoms with E-state index in [2.05, 4.69) is 37.9 Å². The van der Waals surface area contributed by atoms with Gasteiger partial charge in [-0.05, 0) is 74.9 Å². The molecule has 6 rings (SSSR count). The van der Waals surface area contributed by atoms with Gasteiger partial charge < -0.3 is 13.9 Å². The Labute approximate surface area is 208 Å². The van der Waals surface area contributed by atoms with Crippen molar-refractivity contribution in [1.29, 1.82) is 0 Å². The first-order chi connectivity index (χ1) is 16.5. The zero-order chi connectivity index (χ0) is 25.3. The smallest absolute Gasteiger partial charge is 0.321 e. The van der Waals surface area contributed by atoms with Crippen LogP contribution in [0, 0.1) is 17.8 Å². The number of methoxy groups -OCH3 is 1. The summed E-state index contributed by atoms with van der Waals surface area (Å²) in [5.74, 6) is 0.692. The summed E-state index contributed by atoms with van der Waals surface area (Å²) in [6.45, 7) is 10.4. The second-order valence-electron chi connectivity index (χ2n) is 11.3. The van der Waals surface area contributed by atoms with Crippen molar-refractivity contribution in [3.63, 3.8) is 0 Å². The van der Waals surface area contributed by atoms with E-state index in [-0.39, 0.29) is 41.3 Å². The van der Waals surface area contributed by atoms with Crippen molar-refractivity contribution in [2.75, 3.05) is 20.8 Å². The summed E-state index contributed by atoms with van der Waals surface area (Å²) < 4.78 is 16.8. The van der Waals surface area contributed by atoms with E-state index in [1.807, 2.05) is 32.9 Å². The Kier molecular flexibility index (Phi) is 5.48. The average Bonchev–Trinajstić information content (AvgIpc) is 3.27. The molecule has 2 saturated heterocycles. The maximum atomic E-state index is 14.4. The van der Waals surface area contributed by atoms with Gasteiger partial charge in [0.1, 0.15) is 16.9 Å². The van der Waals surface area contributed by atoms with Gasteiger partial charge in [-0.3, -0.25) is 14.5 Å². The second-order valence-corrected chi connectivity index (χ2v) is 11.3. The molecule has 1 aromatic heterocycles. The summed E-state index contributed by atoms with van der Waals surface area (Å²) in [5.41, 5.74) is 1.71. The number of nitrogens with zero attached hydrogens (tertiary/aromatic N) is 1. The van der Waals surface area contributed by atoms with Gasteiger partial charge in [0.2, 0.25) is 0 Å². The highest BCUT2D eigenvalue weighted by atomic mass is 16.5. The maximum absolute atomic E-state index is 14.4. The van der Waals surface area contributed by atoms with Gasteiger partial charge in [0.05, 0.1) is 20.0 Å². The Bertz CT molecular complexity index is 1190. The van der Waals surface area contributed by atoms with Crippen molar-refractivity contribution < 1.29 is 23.5 Å². The lowest BCUT2D eigenvalue weighted by Gasteiger charge is -2.72. The first-order valence-electron chi connectivity index (χ1n) is 12.7. The molecule has 35 heavy (non-hydrogen) atoms. The standard InChI is InChI=1S/C29H37NO5/c1-8-34-26(32)29(25(31)18(3)20-11-17(2)35-15-20)16-28(5)23-12-19-9-10-21(33-7)13-22(19)27(28,4)14-24(29)30(23)6/h9-11,13,15,18,23-24H,8,12,14,16H2,1-7H3. The monoisotopic (exact) mass is 479 g/mol. The number of carbonyl (C=O) groups is 2. The van der Waals surface area contributed by atoms with Crippen LogP contribution < -0.4 is 4.74 Å². The van der Waals surface area contributed by atoms with Crippen LogP contribution in [-0.2, 0) is 26.2 Å². The number of Topliss-reactive ketones (excluding diaryl/α,β-unsaturated/α-hetero) is 1. The Morgan fingerprint density at radius 1 is 1.23 bits per heavy atom. The molecule has 2 aromatic rings. The molecule has 6 heteroatoms. The number of likely N-dealkylation sites (N-methyl/N-ethyl adjacent to an activating group) is 1. The molecule has 6 atom stereocenters. The highest BCUT2D eigenvalue weighted by Gasteiger charge is 2.74. The van der Waals surface area contributed by atoms with Gasteiger partial charge in [0, 0.05) is 29.0 Å². The zero-order valence-corrected chi connectivity index (χ0v) is 21.9. The molecule has 2 aliphatic heterocycles. The largest absolute Gasteiger partial charge is 0.497 e. The lowest BCUT2D eigenvalue weighted by molar-refractivity contribution is -0.208. The number of esters is 1. The first kappa shape index (κ1) is 24.1. The number of carbonyl (C=O) groups excluding carboxylic acids is 2. The number of ketones is 1. The SMILES string of the molecule is CCOC(=O)C1(C(=O)C(C)c2coc(C)c2)CC2(C)C3Cc4ccc(OC)cc4C2(C)CC1N3C. The Hall–Kier alpha value is -2.60. The lowest BCUT2D eigenvalue weighted by atomic mass is 9.38. The molecule has 188 valence electrons. The van der Waals surface area contributed by atoms with Crippen LogP contribution in [0.1, 0.15) is 68.9 Å². The van der Waals surface area contributed by atoms with E-state index in [0.29, 0.717) is 12.8 Å². The van der Waals surface area contributed by atoms with Gasteiger partial charge in [-0.15, -0.1) is 0 Å². The molecule has 6 unspecified atom stereocenters. The van der Waals surface area contributed by atoms with Crippen molar-refractivity contribution in [2.24, 2.45) is 10.8 Å². The molecular weight excluding hydrogens is 442 g/mol. The second kappa shape index (κ2) is 7.95. The minimum absolute atomic E-state index is 0.0632. The highest BCUT2D eigenvalue weighted by molar-refractivity contribution is 6.08. The third-order valence-corrected chi connectivity index (χ3v) is 9.84. The van der Waals surface area contributed by atoms with E-state index in [1.54, 1.807) is 13.4 Å². The van der Waals surface area contributed by atoms with E-state index >= 15 is 0 Å². The summed E-state index contributed by atoms with van der Waals surface area (Å²) >= 11 is 0. The molecule has 1 aromatic carbocycles. The van der Waals surface area contributed by atoms with Gasteiger partial charge in [0.15, 0.2) is 5.78 Å². The number of furan rings is 1. The number of fused-ring (bicyclic) bond motifs is 2. The molecule has 0 radical (unpaired) electrons. The van der Waals surface area contributed by atoms with Crippen molar-refractivity contribution in [2.45, 2.75) is 77.3 Å². The zero-order valence-electron chi connectivity index (χ0n) is 21.9. The molecule has 4 aliphatic rings. The lowest BCUT2D eigenvalue weighted by Crippen LogP contribution is -2.78. The first-order valence-corrected chi connectivity index (χ1v) is 12.7. The molecule has 3 heterocycles. The summed E-state index contributed by atoms with van der Waals surface area (Å²) in [5, 5.41) is 0. The predicted octanol–water partition coefficient (Wildman–Crippen LogP) is 4.82. The van der Waals surface area contributed by atoms with Crippen LogP contribution in [0.4, 0.5) is 0 Å². The number of ether oxygens (including phenoxy) is 2. The summed E-state index contributed by atoms with van der Waals surface area (Å²) in [6, 6.07) is 8.26. The number of rotatable bonds is 6. The molecule has 3 fully saturated rings. The van der Waals surface area contributed by atoms with E-state index < -0.39 is 11.3 Å². The van der Waals surface area contributed by atoms with E-state index in [4.69, 9.17) is 13.9 Å². The van der Waals surface area contributed by atoms with Gasteiger partial charge in [0.25, 0.3) is 0 Å². The van der Waals surface area contributed by atoms with Gasteiger partial charge in [-0.2, -0.15) is 0 Å². The van der Waals surface area contributed by atoms with E-state index in [9.17, 15) is 9.59 Å². The Morgan fingerprint density at radius 3 is 2.60 bits per heavy atom. The fourth-order valence-corrected chi connectivity index (χ4v) is 7.75. The van der Waals surface area contributed by atoms with Crippen LogP contribution in [0.25, 0.3) is 0 Å². The molecular formula is C29H37NO5. The molecule has 0 N–H and O–H groups in total. The van der Waals surface area contributed by atoms with Gasteiger partial charge in [-0.1, -0.05) is 26.8 Å². The van der Waals surface area contributed by atoms with E-state index in [1.165, 1.54) is 11.1 Å². The third-order valence-electron chi connectivity index (χ3n) is 9.84. The van der Waals surface area contributed by atoms with Gasteiger partial charge >= 0.3 is 5.97 Å². The average molecular weight is 480 g/mol. The Morgan fingerprint density at radius 2 is 1.97 bits per heavy atom. The van der Waals surface area contributed by atoms with E-state index in [0.717, 1.165) is 23.5 Å². The number of piperidine rings is 2. The molecule has 4 bridgehead atoms. The van der Waals surface area contributed by atoms with Crippen molar-refractivity contribution in [3.8, 4) is 5.75 Å². The fourth-order valence-electron chi connectivity index (χ4n) is 7.75. The Balaban J connectivity index is 1.65. The maximum Gasteiger partial charge on any atom is 0.321 e. The van der Waals surface area contributed by atoms with Gasteiger partial charge in [-0.25, -0.2) is 0 Å². The topological polar surface area (TPSA) is 69.0 Å². The molecule has 0 spiro atoms. The predicted molar refractivity (Wildman–Crippen MR) is 133 cm³/mol. The van der Waals surface area contributed by atoms with Crippen LogP contribution in [0.2, 0.25) is 0 Å². The van der Waals surface area contributed by atoms with Crippen molar-refractivity contribution in [3.05, 3.63) is 53.0 Å². The van der Waals surface area contributed by atoms with Crippen LogP contribution in [0.5, 0.6) is 5.75 Å². The normalized spacial score (nSPS) is 34.3. The minimum Gasteiger partial charge on any atom is -0.497 e. The van der Waals surface area contributed by atoms with Crippen LogP contribution in [0.3, 0.4) is 0 Å². The molecule has 0 amide bonds.